The lowest BCUT2D eigenvalue weighted by Crippen LogP contribution is -2.30. The van der Waals surface area contributed by atoms with Gasteiger partial charge in [0.1, 0.15) is 19.3 Å². The summed E-state index contributed by atoms with van der Waals surface area (Å²) in [5, 5.41) is 10.6. The maximum absolute atomic E-state index is 13.1. The Morgan fingerprint density at radius 2 is 0.469 bits per heavy atom. The fraction of sp³-hybridized carbons (Fsp3) is 0.949. The Morgan fingerprint density at radius 1 is 0.276 bits per heavy atom. The number of phosphoric acid groups is 2. The Labute approximate surface area is 600 Å². The minimum Gasteiger partial charge on any atom is -0.462 e. The highest BCUT2D eigenvalue weighted by atomic mass is 31.2. The van der Waals surface area contributed by atoms with E-state index in [0.29, 0.717) is 25.7 Å². The van der Waals surface area contributed by atoms with E-state index in [-0.39, 0.29) is 25.7 Å². The summed E-state index contributed by atoms with van der Waals surface area (Å²) in [5.41, 5.74) is 0. The first-order chi connectivity index (χ1) is 47.4. The molecule has 0 aliphatic heterocycles. The van der Waals surface area contributed by atoms with Gasteiger partial charge in [0.25, 0.3) is 0 Å². The van der Waals surface area contributed by atoms with Crippen LogP contribution < -0.4 is 0 Å². The molecular weight excluding hydrogens is 1280 g/mol. The van der Waals surface area contributed by atoms with Crippen molar-refractivity contribution < 1.29 is 80.2 Å². The van der Waals surface area contributed by atoms with Crippen molar-refractivity contribution in [3.05, 3.63) is 0 Å². The highest BCUT2D eigenvalue weighted by Crippen LogP contribution is 2.45. The number of hydrogen-bond donors (Lipinski definition) is 3. The SMILES string of the molecule is CCCCCCCCCCCCCCCC(=O)O[C@H](COC(=O)CCCCCCCCCCCCC)COP(=O)(O)OC[C@H](O)COP(=O)(O)OC[C@@H](COC(=O)CCCCCCCCCCCCCCC(C)C)OC(=O)CCCCCCCCCCCCCCCCCCC(C)C. The summed E-state index contributed by atoms with van der Waals surface area (Å²) in [6, 6.07) is 0. The van der Waals surface area contributed by atoms with E-state index < -0.39 is 97.5 Å². The Hall–Kier alpha value is -1.94. The van der Waals surface area contributed by atoms with Gasteiger partial charge in [-0.15, -0.1) is 0 Å². The number of aliphatic hydroxyl groups is 1. The minimum atomic E-state index is -4.96. The molecule has 0 amide bonds. The molecule has 0 aromatic rings. The van der Waals surface area contributed by atoms with E-state index in [1.54, 1.807) is 0 Å². The van der Waals surface area contributed by atoms with Gasteiger partial charge in [-0.05, 0) is 37.5 Å². The number of carbonyl (C=O) groups is 4. The summed E-state index contributed by atoms with van der Waals surface area (Å²) in [4.78, 5) is 72.9. The third-order valence-corrected chi connectivity index (χ3v) is 20.4. The van der Waals surface area contributed by atoms with Crippen LogP contribution in [0.2, 0.25) is 0 Å². The Kier molecular flexibility index (Phi) is 69.3. The first-order valence-corrected chi connectivity index (χ1v) is 44.0. The molecule has 582 valence electrons. The first-order valence-electron chi connectivity index (χ1n) is 41.0. The van der Waals surface area contributed by atoms with E-state index in [9.17, 15) is 43.2 Å². The molecule has 19 heteroatoms. The molecule has 0 rings (SSSR count). The zero-order valence-electron chi connectivity index (χ0n) is 64.1. The smallest absolute Gasteiger partial charge is 0.462 e. The van der Waals surface area contributed by atoms with E-state index in [1.807, 2.05) is 0 Å². The quantitative estimate of drug-likeness (QED) is 0.0222. The highest BCUT2D eigenvalue weighted by molar-refractivity contribution is 7.47. The lowest BCUT2D eigenvalue weighted by Gasteiger charge is -2.21. The maximum Gasteiger partial charge on any atom is 0.472 e. The average Bonchev–Trinajstić information content (AvgIpc) is 1.01. The second-order valence-corrected chi connectivity index (χ2v) is 32.3. The molecule has 0 aliphatic carbocycles. The van der Waals surface area contributed by atoms with Crippen LogP contribution in [0, 0.1) is 11.8 Å². The van der Waals surface area contributed by atoms with Crippen molar-refractivity contribution in [3.8, 4) is 0 Å². The summed E-state index contributed by atoms with van der Waals surface area (Å²) >= 11 is 0. The van der Waals surface area contributed by atoms with Crippen LogP contribution in [0.3, 0.4) is 0 Å². The predicted octanol–water partition coefficient (Wildman–Crippen LogP) is 23.5. The van der Waals surface area contributed by atoms with Crippen molar-refractivity contribution in [3.63, 3.8) is 0 Å². The minimum absolute atomic E-state index is 0.108. The van der Waals surface area contributed by atoms with Gasteiger partial charge in [0.15, 0.2) is 12.2 Å². The molecule has 0 aromatic heterocycles. The number of phosphoric ester groups is 2. The summed E-state index contributed by atoms with van der Waals surface area (Å²) in [6.45, 7) is 9.66. The number of aliphatic hydroxyl groups excluding tert-OH is 1. The standard InChI is InChI=1S/C79H154O17P2/c1-7-9-11-13-15-17-19-24-33-39-45-51-57-63-78(83)95-74(67-89-76(81)61-55-49-43-37-29-18-16-14-12-10-8-2)69-93-97(85,86)91-65-73(80)66-92-98(87,88)94-70-75(68-90-77(82)62-56-50-44-38-32-28-27-31-36-42-48-54-60-72(5)6)96-79(84)64-58-52-46-40-34-26-23-21-20-22-25-30-35-41-47-53-59-71(3)4/h71-75,80H,7-70H2,1-6H3,(H,85,86)(H,87,88)/t73-,74+,75+/m0/s1. The van der Waals surface area contributed by atoms with Crippen LogP contribution in [0.1, 0.15) is 414 Å². The molecule has 17 nitrogen and oxygen atoms in total. The zero-order valence-corrected chi connectivity index (χ0v) is 65.9. The molecule has 0 aliphatic rings. The van der Waals surface area contributed by atoms with Gasteiger partial charge in [-0.1, -0.05) is 363 Å². The molecule has 0 aromatic carbocycles. The van der Waals surface area contributed by atoms with Crippen molar-refractivity contribution in [2.45, 2.75) is 432 Å². The lowest BCUT2D eigenvalue weighted by molar-refractivity contribution is -0.161. The summed E-state index contributed by atoms with van der Waals surface area (Å²) in [6.07, 6.45) is 59.5. The van der Waals surface area contributed by atoms with Crippen molar-refractivity contribution in [2.75, 3.05) is 39.6 Å². The highest BCUT2D eigenvalue weighted by Gasteiger charge is 2.30. The molecule has 3 N–H and O–H groups in total. The van der Waals surface area contributed by atoms with Crippen molar-refractivity contribution in [1.82, 2.24) is 0 Å². The number of rotatable bonds is 78. The molecule has 0 saturated carbocycles. The van der Waals surface area contributed by atoms with Crippen LogP contribution in [0.5, 0.6) is 0 Å². The molecule has 0 radical (unpaired) electrons. The fourth-order valence-electron chi connectivity index (χ4n) is 12.2. The molecule has 0 saturated heterocycles. The predicted molar refractivity (Wildman–Crippen MR) is 400 cm³/mol. The topological polar surface area (TPSA) is 237 Å². The second kappa shape index (κ2) is 70.7. The van der Waals surface area contributed by atoms with Crippen molar-refractivity contribution >= 4 is 39.5 Å². The van der Waals surface area contributed by atoms with E-state index in [1.165, 1.54) is 231 Å². The number of ether oxygens (including phenoxy) is 4. The molecule has 0 heterocycles. The summed E-state index contributed by atoms with van der Waals surface area (Å²) in [5.74, 6) is -0.518. The number of hydrogen-bond acceptors (Lipinski definition) is 15. The maximum atomic E-state index is 13.1. The lowest BCUT2D eigenvalue weighted by atomic mass is 10.0. The van der Waals surface area contributed by atoms with Crippen LogP contribution in [0.25, 0.3) is 0 Å². The second-order valence-electron chi connectivity index (χ2n) is 29.4. The monoisotopic (exact) mass is 1440 g/mol. The van der Waals surface area contributed by atoms with Crippen molar-refractivity contribution in [1.29, 1.82) is 0 Å². The van der Waals surface area contributed by atoms with Crippen LogP contribution in [0.4, 0.5) is 0 Å². The van der Waals surface area contributed by atoms with Crippen LogP contribution >= 0.6 is 15.6 Å². The van der Waals surface area contributed by atoms with E-state index in [4.69, 9.17) is 37.0 Å². The Morgan fingerprint density at radius 3 is 0.694 bits per heavy atom. The number of carbonyl (C=O) groups excluding carboxylic acids is 4. The van der Waals surface area contributed by atoms with Gasteiger partial charge < -0.3 is 33.8 Å². The van der Waals surface area contributed by atoms with E-state index in [0.717, 1.165) is 102 Å². The Bertz CT molecular complexity index is 1890. The summed E-state index contributed by atoms with van der Waals surface area (Å²) in [7, 11) is -9.92. The molecule has 98 heavy (non-hydrogen) atoms. The fourth-order valence-corrected chi connectivity index (χ4v) is 13.8. The molecule has 0 spiro atoms. The van der Waals surface area contributed by atoms with Crippen LogP contribution in [-0.4, -0.2) is 96.7 Å². The van der Waals surface area contributed by atoms with Gasteiger partial charge in [0.2, 0.25) is 0 Å². The van der Waals surface area contributed by atoms with Gasteiger partial charge >= 0.3 is 39.5 Å². The van der Waals surface area contributed by atoms with Gasteiger partial charge in [0, 0.05) is 25.7 Å². The van der Waals surface area contributed by atoms with Gasteiger partial charge in [-0.25, -0.2) is 9.13 Å². The molecular formula is C79H154O17P2. The number of esters is 4. The molecule has 2 unspecified atom stereocenters. The van der Waals surface area contributed by atoms with Crippen molar-refractivity contribution in [2.24, 2.45) is 11.8 Å². The average molecular weight is 1440 g/mol. The van der Waals surface area contributed by atoms with Crippen LogP contribution in [-0.2, 0) is 65.4 Å². The first kappa shape index (κ1) is 96.1. The van der Waals surface area contributed by atoms with Gasteiger partial charge in [-0.3, -0.25) is 37.3 Å². The number of unbranched alkanes of at least 4 members (excludes halogenated alkanes) is 48. The summed E-state index contributed by atoms with van der Waals surface area (Å²) < 4.78 is 68.7. The zero-order chi connectivity index (χ0) is 72.1. The third kappa shape index (κ3) is 72.4. The third-order valence-electron chi connectivity index (χ3n) is 18.5. The van der Waals surface area contributed by atoms with E-state index in [2.05, 4.69) is 41.5 Å². The van der Waals surface area contributed by atoms with Gasteiger partial charge in [-0.2, -0.15) is 0 Å². The largest absolute Gasteiger partial charge is 0.472 e. The molecule has 0 fully saturated rings. The van der Waals surface area contributed by atoms with E-state index >= 15 is 0 Å². The Balaban J connectivity index is 5.24. The molecule has 0 bridgehead atoms. The molecule has 5 atom stereocenters. The van der Waals surface area contributed by atoms with Gasteiger partial charge in [0.05, 0.1) is 26.4 Å². The normalized spacial score (nSPS) is 13.9. The van der Waals surface area contributed by atoms with Crippen LogP contribution in [0.15, 0.2) is 0 Å².